The minimum Gasteiger partial charge on any atom is -0.317 e. The van der Waals surface area contributed by atoms with E-state index in [9.17, 15) is 20.2 Å². The monoisotopic (exact) mass is 426 g/mol. The number of non-ortho nitro benzene ring substituents is 1. The van der Waals surface area contributed by atoms with Crippen LogP contribution in [0.3, 0.4) is 0 Å². The summed E-state index contributed by atoms with van der Waals surface area (Å²) in [5, 5.41) is 23.9. The van der Waals surface area contributed by atoms with Gasteiger partial charge in [0.2, 0.25) is 10.3 Å². The topological polar surface area (TPSA) is 127 Å². The molecule has 0 fully saturated rings. The van der Waals surface area contributed by atoms with Crippen molar-refractivity contribution in [1.29, 1.82) is 5.26 Å². The van der Waals surface area contributed by atoms with Gasteiger partial charge < -0.3 is 4.57 Å². The first-order valence-corrected chi connectivity index (χ1v) is 10.1. The average molecular weight is 426 g/mol. The highest BCUT2D eigenvalue weighted by Crippen LogP contribution is 2.22. The summed E-state index contributed by atoms with van der Waals surface area (Å²) >= 11 is 2.49. The Kier molecular flexibility index (Phi) is 6.38. The number of nitriles is 1. The number of carbonyl (C=O) groups is 1. The second kappa shape index (κ2) is 9.13. The van der Waals surface area contributed by atoms with Gasteiger partial charge in [-0.15, -0.1) is 0 Å². The molecule has 1 aromatic carbocycles. The van der Waals surface area contributed by atoms with Crippen LogP contribution in [0.5, 0.6) is 0 Å². The molecule has 0 bridgehead atoms. The first-order valence-electron chi connectivity index (χ1n) is 8.33. The van der Waals surface area contributed by atoms with Gasteiger partial charge in [-0.3, -0.25) is 20.2 Å². The van der Waals surface area contributed by atoms with Gasteiger partial charge in [-0.1, -0.05) is 24.8 Å². The highest BCUT2D eigenvalue weighted by molar-refractivity contribution is 7.99. The number of nitrogens with zero attached hydrogens (tertiary/aromatic N) is 5. The molecule has 2 heterocycles. The van der Waals surface area contributed by atoms with Crippen molar-refractivity contribution in [2.24, 2.45) is 0 Å². The lowest BCUT2D eigenvalue weighted by molar-refractivity contribution is -0.384. The van der Waals surface area contributed by atoms with Crippen LogP contribution in [-0.4, -0.2) is 30.5 Å². The summed E-state index contributed by atoms with van der Waals surface area (Å²) in [6.07, 6.45) is 3.10. The van der Waals surface area contributed by atoms with Gasteiger partial charge in [0.15, 0.2) is 0 Å². The van der Waals surface area contributed by atoms with Crippen LogP contribution in [-0.2, 0) is 4.79 Å². The Bertz CT molecular complexity index is 1130. The lowest BCUT2D eigenvalue weighted by Gasteiger charge is -2.07. The van der Waals surface area contributed by atoms with Crippen LogP contribution < -0.4 is 5.32 Å². The smallest absolute Gasteiger partial charge is 0.271 e. The molecule has 0 spiro atoms. The first kappa shape index (κ1) is 20.2. The van der Waals surface area contributed by atoms with E-state index in [0.29, 0.717) is 21.7 Å². The summed E-state index contributed by atoms with van der Waals surface area (Å²) in [6.45, 7) is 1.97. The second-order valence-electron chi connectivity index (χ2n) is 5.52. The third-order valence-electron chi connectivity index (χ3n) is 3.66. The van der Waals surface area contributed by atoms with Crippen LogP contribution >= 0.6 is 23.3 Å². The summed E-state index contributed by atoms with van der Waals surface area (Å²) in [5.41, 5.74) is 0.881. The molecular formula is C18H14N6O3S2. The highest BCUT2D eigenvalue weighted by Gasteiger charge is 2.15. The van der Waals surface area contributed by atoms with Crippen molar-refractivity contribution in [1.82, 2.24) is 13.9 Å². The Hall–Kier alpha value is -3.49. The largest absolute Gasteiger partial charge is 0.317 e. The van der Waals surface area contributed by atoms with E-state index >= 15 is 0 Å². The number of amides is 1. The van der Waals surface area contributed by atoms with Gasteiger partial charge in [-0.05, 0) is 30.0 Å². The number of rotatable bonds is 7. The second-order valence-corrected chi connectivity index (χ2v) is 7.50. The van der Waals surface area contributed by atoms with Crippen molar-refractivity contribution in [2.45, 2.75) is 12.1 Å². The zero-order valence-electron chi connectivity index (χ0n) is 15.1. The fraction of sp³-hybridized carbons (Fsp3) is 0.111. The number of carbonyl (C=O) groups excluding carboxylic acids is 1. The van der Waals surface area contributed by atoms with Crippen molar-refractivity contribution in [3.05, 3.63) is 64.0 Å². The van der Waals surface area contributed by atoms with Crippen LogP contribution in [0.1, 0.15) is 12.6 Å². The first-order chi connectivity index (χ1) is 14.0. The van der Waals surface area contributed by atoms with Gasteiger partial charge in [0, 0.05) is 35.6 Å². The maximum absolute atomic E-state index is 12.5. The third-order valence-corrected chi connectivity index (χ3v) is 5.13. The molecule has 3 rings (SSSR count). The van der Waals surface area contributed by atoms with Gasteiger partial charge in [-0.25, -0.2) is 0 Å². The van der Waals surface area contributed by atoms with Crippen LogP contribution in [0.25, 0.3) is 11.8 Å². The Morgan fingerprint density at radius 1 is 1.45 bits per heavy atom. The quantitative estimate of drug-likeness (QED) is 0.200. The minimum absolute atomic E-state index is 0.0543. The summed E-state index contributed by atoms with van der Waals surface area (Å²) in [7, 11) is 0. The molecule has 0 radical (unpaired) electrons. The van der Waals surface area contributed by atoms with Crippen molar-refractivity contribution in [3.63, 3.8) is 0 Å². The number of thioether (sulfide) groups is 1. The van der Waals surface area contributed by atoms with Crippen LogP contribution in [0.4, 0.5) is 10.8 Å². The predicted molar refractivity (Wildman–Crippen MR) is 111 cm³/mol. The van der Waals surface area contributed by atoms with E-state index in [1.807, 2.05) is 13.0 Å². The van der Waals surface area contributed by atoms with Gasteiger partial charge in [-0.2, -0.15) is 14.6 Å². The summed E-state index contributed by atoms with van der Waals surface area (Å²) < 4.78 is 5.76. The van der Waals surface area contributed by atoms with E-state index in [1.165, 1.54) is 30.0 Å². The van der Waals surface area contributed by atoms with Crippen molar-refractivity contribution in [3.8, 4) is 11.8 Å². The highest BCUT2D eigenvalue weighted by atomic mass is 32.2. The van der Waals surface area contributed by atoms with Crippen LogP contribution in [0.2, 0.25) is 0 Å². The molecule has 0 saturated carbocycles. The molecule has 11 heteroatoms. The number of nitrogens with one attached hydrogen (secondary N) is 1. The fourth-order valence-electron chi connectivity index (χ4n) is 2.41. The maximum Gasteiger partial charge on any atom is 0.271 e. The van der Waals surface area contributed by atoms with E-state index in [1.54, 1.807) is 35.0 Å². The van der Waals surface area contributed by atoms with E-state index in [2.05, 4.69) is 14.7 Å². The Balaban J connectivity index is 1.85. The van der Waals surface area contributed by atoms with E-state index in [0.717, 1.165) is 17.3 Å². The Morgan fingerprint density at radius 3 is 3.00 bits per heavy atom. The molecule has 9 nitrogen and oxygen atoms in total. The van der Waals surface area contributed by atoms with Gasteiger partial charge >= 0.3 is 0 Å². The molecule has 0 aliphatic rings. The van der Waals surface area contributed by atoms with Gasteiger partial charge in [0.1, 0.15) is 11.6 Å². The standard InChI is InChI=1S/C18H14N6O3S2/c1-2-28-18-21-17(29-22-18)20-16(25)12(11-19)9-13-7-4-8-23(13)14-5-3-6-15(10-14)24(26)27/h3-10H,2H2,1H3,(H,20,21,22,25)/b12-9-. The molecule has 29 heavy (non-hydrogen) atoms. The zero-order chi connectivity index (χ0) is 20.8. The number of nitro groups is 1. The number of hydrogen-bond donors (Lipinski definition) is 1. The molecule has 2 aromatic heterocycles. The number of hydrogen-bond acceptors (Lipinski definition) is 8. The lowest BCUT2D eigenvalue weighted by Crippen LogP contribution is -2.13. The van der Waals surface area contributed by atoms with Gasteiger partial charge in [0.25, 0.3) is 11.6 Å². The fourth-order valence-corrected chi connectivity index (χ4v) is 3.68. The van der Waals surface area contributed by atoms with Crippen molar-refractivity contribution < 1.29 is 9.72 Å². The van der Waals surface area contributed by atoms with Crippen LogP contribution in [0, 0.1) is 21.4 Å². The Morgan fingerprint density at radius 2 is 2.28 bits per heavy atom. The lowest BCUT2D eigenvalue weighted by atomic mass is 10.2. The number of benzene rings is 1. The molecule has 0 saturated heterocycles. The van der Waals surface area contributed by atoms with Crippen LogP contribution in [0.15, 0.2) is 53.3 Å². The summed E-state index contributed by atoms with van der Waals surface area (Å²) in [6, 6.07) is 11.4. The molecular weight excluding hydrogens is 412 g/mol. The predicted octanol–water partition coefficient (Wildman–Crippen LogP) is 3.89. The Labute approximate surface area is 174 Å². The van der Waals surface area contributed by atoms with Crippen molar-refractivity contribution in [2.75, 3.05) is 11.1 Å². The third kappa shape index (κ3) is 4.87. The number of anilines is 1. The van der Waals surface area contributed by atoms with E-state index < -0.39 is 10.8 Å². The molecule has 0 aliphatic carbocycles. The zero-order valence-corrected chi connectivity index (χ0v) is 16.7. The molecule has 3 aromatic rings. The molecule has 0 aliphatic heterocycles. The SMILES string of the molecule is CCSc1nsc(NC(=O)/C(C#N)=C\c2cccn2-c2cccc([N+](=O)[O-])c2)n1. The number of nitro benzene ring substituents is 1. The molecule has 1 amide bonds. The molecule has 0 unspecified atom stereocenters. The minimum atomic E-state index is -0.608. The normalized spacial score (nSPS) is 11.1. The molecule has 0 atom stereocenters. The molecule has 146 valence electrons. The van der Waals surface area contributed by atoms with E-state index in [-0.39, 0.29) is 11.3 Å². The maximum atomic E-state index is 12.5. The summed E-state index contributed by atoms with van der Waals surface area (Å²) in [4.78, 5) is 27.2. The van der Waals surface area contributed by atoms with Crippen molar-refractivity contribution >= 4 is 46.1 Å². The number of aromatic nitrogens is 3. The van der Waals surface area contributed by atoms with Gasteiger partial charge in [0.05, 0.1) is 10.6 Å². The molecule has 1 N–H and O–H groups in total. The summed E-state index contributed by atoms with van der Waals surface area (Å²) in [5.74, 6) is 0.200. The average Bonchev–Trinajstić information content (AvgIpc) is 3.35. The van der Waals surface area contributed by atoms with E-state index in [4.69, 9.17) is 0 Å².